The Morgan fingerprint density at radius 3 is 2.50 bits per heavy atom. The van der Waals surface area contributed by atoms with Gasteiger partial charge in [-0.15, -0.1) is 0 Å². The van der Waals surface area contributed by atoms with Crippen molar-refractivity contribution < 1.29 is 24.9 Å². The van der Waals surface area contributed by atoms with Crippen LogP contribution in [-0.2, 0) is 24.9 Å². The molecule has 1 aliphatic rings. The molecule has 0 aromatic carbocycles. The number of thioether (sulfide) groups is 1. The second-order valence-electron chi connectivity index (χ2n) is 1.12. The van der Waals surface area contributed by atoms with Gasteiger partial charge in [0.15, 0.2) is 0 Å². The topological polar surface area (TPSA) is 29.1 Å². The molecule has 0 aromatic heterocycles. The predicted octanol–water partition coefficient (Wildman–Crippen LogP) is 0.132. The van der Waals surface area contributed by atoms with E-state index in [4.69, 9.17) is 0 Å². The second-order valence-corrected chi connectivity index (χ2v) is 2.78. The summed E-state index contributed by atoms with van der Waals surface area (Å²) >= 11 is 6.00. The first-order valence-electron chi connectivity index (χ1n) is 1.75. The number of hydrogen-bond acceptors (Lipinski definition) is 3. The standard InChI is InChI=1S/C3H3NOS2.Tc/c5-2-1-7-3(6)4-2;/h1H2,(H,4,5,6);. The molecule has 1 amide bonds. The quantitative estimate of drug-likeness (QED) is 0.601. The molecule has 1 fully saturated rings. The van der Waals surface area contributed by atoms with Crippen molar-refractivity contribution in [3.05, 3.63) is 0 Å². The molecule has 0 aromatic rings. The molecule has 0 spiro atoms. The molecule has 5 heteroatoms. The van der Waals surface area contributed by atoms with Crippen LogP contribution >= 0.6 is 24.0 Å². The summed E-state index contributed by atoms with van der Waals surface area (Å²) in [5, 5.41) is 2.47. The summed E-state index contributed by atoms with van der Waals surface area (Å²) in [6, 6.07) is 0. The maximum Gasteiger partial charge on any atom is 0.235 e. The van der Waals surface area contributed by atoms with Gasteiger partial charge in [-0.3, -0.25) is 4.79 Å². The van der Waals surface area contributed by atoms with E-state index in [1.807, 2.05) is 0 Å². The van der Waals surface area contributed by atoms with E-state index in [1.54, 1.807) is 0 Å². The van der Waals surface area contributed by atoms with E-state index in [9.17, 15) is 4.79 Å². The molecule has 0 bridgehead atoms. The smallest absolute Gasteiger partial charge is 0.235 e. The first-order valence-corrected chi connectivity index (χ1v) is 3.15. The molecular formula is C3H3NOS2Tc. The largest absolute Gasteiger partial charge is 0.311 e. The Morgan fingerprint density at radius 2 is 2.38 bits per heavy atom. The number of amides is 1. The van der Waals surface area contributed by atoms with E-state index in [-0.39, 0.29) is 26.0 Å². The van der Waals surface area contributed by atoms with Crippen molar-refractivity contribution in [1.82, 2.24) is 5.32 Å². The molecule has 45 valence electrons. The van der Waals surface area contributed by atoms with Gasteiger partial charge in [0.25, 0.3) is 0 Å². The molecular weight excluding hydrogens is 228 g/mol. The predicted molar refractivity (Wildman–Crippen MR) is 33.2 cm³/mol. The van der Waals surface area contributed by atoms with Crippen LogP contribution in [0.4, 0.5) is 0 Å². The van der Waals surface area contributed by atoms with Crippen LogP contribution in [0.25, 0.3) is 0 Å². The first-order chi connectivity index (χ1) is 3.29. The third-order valence-electron chi connectivity index (χ3n) is 0.576. The summed E-state index contributed by atoms with van der Waals surface area (Å²) in [7, 11) is 0. The number of thiocarbonyl (C=S) groups is 1. The fraction of sp³-hybridized carbons (Fsp3) is 0.333. The van der Waals surface area contributed by atoms with Crippen LogP contribution < -0.4 is 5.32 Å². The summed E-state index contributed by atoms with van der Waals surface area (Å²) in [6.07, 6.45) is 0. The van der Waals surface area contributed by atoms with Gasteiger partial charge in [-0.1, -0.05) is 24.0 Å². The average Bonchev–Trinajstić information content (AvgIpc) is 1.87. The fourth-order valence-corrected chi connectivity index (χ4v) is 1.13. The van der Waals surface area contributed by atoms with Crippen molar-refractivity contribution in [2.24, 2.45) is 0 Å². The van der Waals surface area contributed by atoms with Crippen molar-refractivity contribution in [2.45, 2.75) is 0 Å². The summed E-state index contributed by atoms with van der Waals surface area (Å²) in [5.74, 6) is 0.522. The van der Waals surface area contributed by atoms with Gasteiger partial charge in [0, 0.05) is 20.1 Å². The number of rotatable bonds is 0. The average molecular weight is 231 g/mol. The van der Waals surface area contributed by atoms with Crippen LogP contribution in [0, 0.1) is 0 Å². The Bertz CT molecular complexity index is 112. The molecule has 1 N–H and O–H groups in total. The molecule has 1 aliphatic heterocycles. The summed E-state index contributed by atoms with van der Waals surface area (Å²) < 4.78 is 0.602. The van der Waals surface area contributed by atoms with Gasteiger partial charge in [0.05, 0.1) is 5.75 Å². The first kappa shape index (κ1) is 8.56. The Kier molecular flexibility index (Phi) is 3.81. The van der Waals surface area contributed by atoms with Gasteiger partial charge in [-0.2, -0.15) is 0 Å². The molecule has 0 atom stereocenters. The van der Waals surface area contributed by atoms with Gasteiger partial charge in [-0.05, 0) is 0 Å². The van der Waals surface area contributed by atoms with E-state index in [0.717, 1.165) is 0 Å². The van der Waals surface area contributed by atoms with Gasteiger partial charge < -0.3 is 5.32 Å². The van der Waals surface area contributed by atoms with E-state index in [0.29, 0.717) is 10.1 Å². The molecule has 8 heavy (non-hydrogen) atoms. The molecule has 1 radical (unpaired) electrons. The molecule has 0 unspecified atom stereocenters. The number of carbonyl (C=O) groups is 1. The second kappa shape index (κ2) is 3.56. The third-order valence-corrected chi connectivity index (χ3v) is 1.80. The summed E-state index contributed by atoms with van der Waals surface area (Å²) in [5.41, 5.74) is 0. The molecule has 2 nitrogen and oxygen atoms in total. The number of carbonyl (C=O) groups excluding carboxylic acids is 1. The summed E-state index contributed by atoms with van der Waals surface area (Å²) in [6.45, 7) is 0. The minimum atomic E-state index is 0. The van der Waals surface area contributed by atoms with Crippen LogP contribution in [0.1, 0.15) is 0 Å². The molecule has 1 saturated heterocycles. The monoisotopic (exact) mass is 230 g/mol. The maximum absolute atomic E-state index is 10.2. The van der Waals surface area contributed by atoms with Crippen molar-refractivity contribution >= 4 is 34.2 Å². The summed E-state index contributed by atoms with van der Waals surface area (Å²) in [4.78, 5) is 10.2. The third kappa shape index (κ3) is 2.22. The van der Waals surface area contributed by atoms with Crippen LogP contribution in [0.3, 0.4) is 0 Å². The van der Waals surface area contributed by atoms with Crippen LogP contribution in [-0.4, -0.2) is 16.0 Å². The van der Waals surface area contributed by atoms with Crippen molar-refractivity contribution in [1.29, 1.82) is 0 Å². The zero-order valence-electron chi connectivity index (χ0n) is 3.81. The normalized spacial score (nSPS) is 17.5. The maximum atomic E-state index is 10.2. The Balaban J connectivity index is 0.000000490. The van der Waals surface area contributed by atoms with Crippen molar-refractivity contribution in [2.75, 3.05) is 5.75 Å². The zero-order valence-corrected chi connectivity index (χ0v) is 7.30. The van der Waals surface area contributed by atoms with Gasteiger partial charge in [0.1, 0.15) is 4.32 Å². The van der Waals surface area contributed by atoms with Crippen molar-refractivity contribution in [3.63, 3.8) is 0 Å². The molecule has 1 heterocycles. The Hall–Kier alpha value is 0.559. The van der Waals surface area contributed by atoms with E-state index in [2.05, 4.69) is 17.5 Å². The van der Waals surface area contributed by atoms with Gasteiger partial charge in [-0.25, -0.2) is 0 Å². The van der Waals surface area contributed by atoms with Crippen molar-refractivity contribution in [3.8, 4) is 0 Å². The van der Waals surface area contributed by atoms with Crippen LogP contribution in [0.15, 0.2) is 0 Å². The molecule has 0 saturated carbocycles. The Labute approximate surface area is 70.1 Å². The number of nitrogens with one attached hydrogen (secondary N) is 1. The minimum absolute atomic E-state index is 0. The van der Waals surface area contributed by atoms with Crippen LogP contribution in [0.2, 0.25) is 0 Å². The van der Waals surface area contributed by atoms with E-state index < -0.39 is 0 Å². The van der Waals surface area contributed by atoms with Gasteiger partial charge in [0.2, 0.25) is 5.91 Å². The van der Waals surface area contributed by atoms with E-state index in [1.165, 1.54) is 11.8 Å². The minimum Gasteiger partial charge on any atom is -0.311 e. The Morgan fingerprint density at radius 1 is 1.75 bits per heavy atom. The fourth-order valence-electron chi connectivity index (χ4n) is 0.317. The SMILES string of the molecule is O=C1CSC(=S)N1.[Tc]. The zero-order chi connectivity index (χ0) is 5.28. The molecule has 0 aliphatic carbocycles. The molecule has 1 rings (SSSR count). The van der Waals surface area contributed by atoms with E-state index >= 15 is 0 Å². The van der Waals surface area contributed by atoms with Crippen LogP contribution in [0.5, 0.6) is 0 Å². The number of hydrogen-bond donors (Lipinski definition) is 1. The van der Waals surface area contributed by atoms with Gasteiger partial charge >= 0.3 is 0 Å².